The number of hydrogen-bond donors (Lipinski definition) is 1. The van der Waals surface area contributed by atoms with E-state index >= 15 is 0 Å². The predicted molar refractivity (Wildman–Crippen MR) is 305 cm³/mol. The van der Waals surface area contributed by atoms with Gasteiger partial charge in [-0.25, -0.2) is 9.59 Å². The smallest absolute Gasteiger partial charge is 0.361 e. The van der Waals surface area contributed by atoms with Crippen LogP contribution in [-0.2, 0) is 0 Å². The summed E-state index contributed by atoms with van der Waals surface area (Å²) in [6.07, 6.45) is 4.90. The van der Waals surface area contributed by atoms with Gasteiger partial charge in [-0.3, -0.25) is 0 Å². The second-order valence-electron chi connectivity index (χ2n) is 20.9. The number of benzene rings is 6. The molecule has 9 nitrogen and oxygen atoms in total. The van der Waals surface area contributed by atoms with E-state index in [9.17, 15) is 14.7 Å². The average Bonchev–Trinajstić information content (AvgIpc) is 3.90. The van der Waals surface area contributed by atoms with Crippen LogP contribution in [0.1, 0.15) is 62.1 Å². The van der Waals surface area contributed by atoms with Crippen molar-refractivity contribution in [1.82, 2.24) is 13.7 Å². The maximum atomic E-state index is 13.7. The molecule has 0 aliphatic rings. The van der Waals surface area contributed by atoms with E-state index in [0.717, 1.165) is 106 Å². The molecule has 6 aromatic carbocycles. The van der Waals surface area contributed by atoms with Gasteiger partial charge >= 0.3 is 11.3 Å². The van der Waals surface area contributed by atoms with Crippen LogP contribution in [0, 0.1) is 69.2 Å². The number of phenolic OH excluding ortho intramolecular Hbond substituents is 1. The van der Waals surface area contributed by atoms with E-state index in [1.54, 1.807) is 6.07 Å². The van der Waals surface area contributed by atoms with E-state index in [4.69, 9.17) is 13.6 Å². The fourth-order valence-electron chi connectivity index (χ4n) is 10.9. The average molecular weight is 980 g/mol. The van der Waals surface area contributed by atoms with Crippen molar-refractivity contribution in [3.8, 4) is 33.8 Å². The van der Waals surface area contributed by atoms with E-state index in [2.05, 4.69) is 160 Å². The fourth-order valence-corrected chi connectivity index (χ4v) is 10.9. The Morgan fingerprint density at radius 2 is 0.905 bits per heavy atom. The molecular weight excluding hydrogens is 919 g/mol. The number of nitrogens with zero attached hydrogens (tertiary/aromatic N) is 3. The molecule has 12 aromatic rings. The van der Waals surface area contributed by atoms with E-state index in [-0.39, 0.29) is 11.4 Å². The van der Waals surface area contributed by atoms with Crippen LogP contribution in [0.25, 0.3) is 98.6 Å². The van der Waals surface area contributed by atoms with E-state index in [0.29, 0.717) is 28.8 Å². The number of aromatic hydroxyl groups is 1. The van der Waals surface area contributed by atoms with Crippen molar-refractivity contribution in [3.63, 3.8) is 0 Å². The maximum absolute atomic E-state index is 13.7. The van der Waals surface area contributed by atoms with Crippen molar-refractivity contribution >= 4 is 76.3 Å². The lowest BCUT2D eigenvalue weighted by Gasteiger charge is -2.13. The molecule has 0 spiro atoms. The minimum atomic E-state index is -0.418. The van der Waals surface area contributed by atoms with Crippen molar-refractivity contribution in [1.29, 1.82) is 0 Å². The highest BCUT2D eigenvalue weighted by Gasteiger charge is 2.26. The molecule has 0 atom stereocenters. The second-order valence-corrected chi connectivity index (χ2v) is 20.9. The summed E-state index contributed by atoms with van der Waals surface area (Å²) in [7, 11) is 4.11. The summed E-state index contributed by atoms with van der Waals surface area (Å²) in [5, 5.41) is 18.3. The van der Waals surface area contributed by atoms with Crippen molar-refractivity contribution < 1.29 is 18.7 Å². The first-order valence-corrected chi connectivity index (χ1v) is 25.4. The molecule has 74 heavy (non-hydrogen) atoms. The van der Waals surface area contributed by atoms with Gasteiger partial charge in [0.15, 0.2) is 0 Å². The number of aromatic nitrogens is 2. The van der Waals surface area contributed by atoms with Crippen molar-refractivity contribution in [2.75, 3.05) is 27.2 Å². The van der Waals surface area contributed by atoms with Crippen molar-refractivity contribution in [3.05, 3.63) is 186 Å². The van der Waals surface area contributed by atoms with Crippen LogP contribution < -0.4 is 16.0 Å². The Balaban J connectivity index is 0.000000161. The minimum Gasteiger partial charge on any atom is -0.508 e. The Bertz CT molecular complexity index is 4470. The van der Waals surface area contributed by atoms with Gasteiger partial charge in [-0.15, -0.1) is 0 Å². The molecule has 0 bridgehead atoms. The highest BCUT2D eigenvalue weighted by atomic mass is 16.5. The molecule has 0 unspecified atom stereocenters. The van der Waals surface area contributed by atoms with Crippen LogP contribution in [0.4, 0.5) is 0 Å². The summed E-state index contributed by atoms with van der Waals surface area (Å²) in [5.74, 6) is 0.866. The highest BCUT2D eigenvalue weighted by molar-refractivity contribution is 6.23. The zero-order chi connectivity index (χ0) is 52.2. The van der Waals surface area contributed by atoms with Crippen LogP contribution in [0.3, 0.4) is 0 Å². The zero-order valence-corrected chi connectivity index (χ0v) is 44.3. The molecule has 1 N–H and O–H groups in total. The Labute approximate surface area is 429 Å². The normalized spacial score (nSPS) is 12.0. The molecule has 0 aliphatic heterocycles. The number of aryl methyl sites for hydroxylation is 10. The summed E-state index contributed by atoms with van der Waals surface area (Å²) in [6.45, 7) is 22.5. The predicted octanol–water partition coefficient (Wildman–Crippen LogP) is 15.2. The summed E-state index contributed by atoms with van der Waals surface area (Å²) < 4.78 is 21.9. The maximum Gasteiger partial charge on any atom is 0.361 e. The monoisotopic (exact) mass is 979 g/mol. The van der Waals surface area contributed by atoms with Crippen LogP contribution in [-0.4, -0.2) is 46.1 Å². The molecule has 0 saturated carbocycles. The number of rotatable bonds is 7. The summed E-state index contributed by atoms with van der Waals surface area (Å²) in [5.41, 5.74) is 19.0. The summed E-state index contributed by atoms with van der Waals surface area (Å²) in [4.78, 5) is 29.2. The van der Waals surface area contributed by atoms with Gasteiger partial charge in [-0.1, -0.05) is 48.5 Å². The molecule has 6 heterocycles. The standard InChI is InChI=1S/C35H36N2O3.C30H25NO3/c1-20-9-10-26(16-21(20)2)31-32-28-18-24(5)29(39-14-8-12-36(6)7)19-30(28)40-35(38)34(32)37-13-11-25-15-22(3)23(4)17-27(25)33(31)37;1-15-6-7-21(11-16(15)2)26-27-23-13-19(5)24(32)14-25(23)34-30(33)29(27)31-9-8-20-10-17(3)18(4)12-22(20)28(26)31/h9-11,13,15-19H,8,12,14H2,1-7H3;6-14,32H,1-5H3. The van der Waals surface area contributed by atoms with Crippen molar-refractivity contribution in [2.45, 2.75) is 75.7 Å². The van der Waals surface area contributed by atoms with Gasteiger partial charge in [0, 0.05) is 74.5 Å². The fraction of sp³-hybridized carbons (Fsp3) is 0.231. The number of phenols is 1. The lowest BCUT2D eigenvalue weighted by atomic mass is 9.94. The molecule has 12 rings (SSSR count). The van der Waals surface area contributed by atoms with Gasteiger partial charge in [0.2, 0.25) is 0 Å². The van der Waals surface area contributed by atoms with E-state index < -0.39 is 5.63 Å². The third kappa shape index (κ3) is 7.89. The molecule has 372 valence electrons. The molecule has 0 fully saturated rings. The van der Waals surface area contributed by atoms with Crippen LogP contribution in [0.15, 0.2) is 128 Å². The first kappa shape index (κ1) is 48.1. The Kier molecular flexibility index (Phi) is 11.8. The van der Waals surface area contributed by atoms with Crippen LogP contribution >= 0.6 is 0 Å². The van der Waals surface area contributed by atoms with E-state index in [1.165, 1.54) is 44.5 Å². The molecule has 0 aliphatic carbocycles. The molecule has 0 saturated heterocycles. The Hall–Kier alpha value is -8.14. The second kappa shape index (κ2) is 18.1. The number of pyridine rings is 2. The molecule has 6 aromatic heterocycles. The summed E-state index contributed by atoms with van der Waals surface area (Å²) in [6, 6.07) is 33.5. The molecule has 0 radical (unpaired) electrons. The Morgan fingerprint density at radius 1 is 0.473 bits per heavy atom. The van der Waals surface area contributed by atoms with Crippen LogP contribution in [0.5, 0.6) is 11.5 Å². The third-order valence-electron chi connectivity index (χ3n) is 15.6. The topological polar surface area (TPSA) is 102 Å². The molecule has 9 heteroatoms. The van der Waals surface area contributed by atoms with Gasteiger partial charge in [0.1, 0.15) is 33.7 Å². The van der Waals surface area contributed by atoms with Gasteiger partial charge in [-0.05, 0) is 204 Å². The van der Waals surface area contributed by atoms with Gasteiger partial charge in [-0.2, -0.15) is 0 Å². The quantitative estimate of drug-likeness (QED) is 0.125. The number of hydrogen-bond acceptors (Lipinski definition) is 7. The van der Waals surface area contributed by atoms with Crippen LogP contribution in [0.2, 0.25) is 0 Å². The summed E-state index contributed by atoms with van der Waals surface area (Å²) >= 11 is 0. The van der Waals surface area contributed by atoms with Gasteiger partial charge < -0.3 is 32.4 Å². The largest absolute Gasteiger partial charge is 0.508 e. The Morgan fingerprint density at radius 3 is 1.38 bits per heavy atom. The highest BCUT2D eigenvalue weighted by Crippen LogP contribution is 2.45. The lowest BCUT2D eigenvalue weighted by Crippen LogP contribution is -2.15. The zero-order valence-electron chi connectivity index (χ0n) is 44.3. The minimum absolute atomic E-state index is 0.114. The SMILES string of the molecule is Cc1ccc(-c2c3c4cc(C)c(O)cc4oc(=O)c3n3ccc4cc(C)c(C)cc4c23)cc1C.Cc1ccc(-c2c3c4cc(C)c(OCCCN(C)C)cc4oc(=O)c3n3ccc4cc(C)c(C)cc4c23)cc1C. The lowest BCUT2D eigenvalue weighted by molar-refractivity contribution is 0.280. The van der Waals surface area contributed by atoms with Gasteiger partial charge in [0.05, 0.1) is 17.6 Å². The van der Waals surface area contributed by atoms with Crippen molar-refractivity contribution in [2.24, 2.45) is 0 Å². The first-order valence-electron chi connectivity index (χ1n) is 25.4. The van der Waals surface area contributed by atoms with E-state index in [1.807, 2.05) is 40.3 Å². The molecule has 0 amide bonds. The first-order chi connectivity index (χ1) is 35.4. The van der Waals surface area contributed by atoms with Gasteiger partial charge in [0.25, 0.3) is 0 Å². The number of fused-ring (bicyclic) bond motifs is 14. The molecular formula is C65H61N3O6. The third-order valence-corrected chi connectivity index (χ3v) is 15.6. The number of ether oxygens (including phenoxy) is 1.